The van der Waals surface area contributed by atoms with E-state index in [1.165, 1.54) is 12.1 Å². The third-order valence-corrected chi connectivity index (χ3v) is 2.66. The molecule has 0 fully saturated rings. The molecule has 1 aromatic carbocycles. The molecule has 2 aromatic rings. The van der Waals surface area contributed by atoms with E-state index in [1.807, 2.05) is 0 Å². The predicted octanol–water partition coefficient (Wildman–Crippen LogP) is 3.13. The zero-order chi connectivity index (χ0) is 13.8. The molecule has 1 heterocycles. The van der Waals surface area contributed by atoms with Gasteiger partial charge >= 0.3 is 0 Å². The molecule has 96 valence electrons. The molecule has 1 aromatic heterocycles. The van der Waals surface area contributed by atoms with Gasteiger partial charge in [-0.15, -0.1) is 5.10 Å². The van der Waals surface area contributed by atoms with Gasteiger partial charge in [0.15, 0.2) is 0 Å². The van der Waals surface area contributed by atoms with Gasteiger partial charge in [-0.05, 0) is 55.3 Å². The van der Waals surface area contributed by atoms with Crippen LogP contribution >= 0.6 is 0 Å². The summed E-state index contributed by atoms with van der Waals surface area (Å²) in [6, 6.07) is 8.04. The molecule has 0 atom stereocenters. The number of aryl methyl sites for hydroxylation is 2. The first-order chi connectivity index (χ1) is 9.06. The molecule has 0 aliphatic carbocycles. The van der Waals surface area contributed by atoms with E-state index in [-0.39, 0.29) is 11.6 Å². The van der Waals surface area contributed by atoms with Crippen LogP contribution in [0.5, 0.6) is 0 Å². The standard InChI is InChI=1S/C15H13FN2O/c1-10-9-12(4-6-13(10)16)5-8-15(19)14-7-3-11(2)17-18-14/h3-9H,1-2H3/b8-5+. The van der Waals surface area contributed by atoms with E-state index < -0.39 is 0 Å². The van der Waals surface area contributed by atoms with E-state index in [0.717, 1.165) is 11.3 Å². The number of benzene rings is 1. The van der Waals surface area contributed by atoms with Crippen molar-refractivity contribution in [1.82, 2.24) is 10.2 Å². The van der Waals surface area contributed by atoms with Gasteiger partial charge in [0.25, 0.3) is 0 Å². The summed E-state index contributed by atoms with van der Waals surface area (Å²) in [7, 11) is 0. The number of rotatable bonds is 3. The largest absolute Gasteiger partial charge is 0.287 e. The topological polar surface area (TPSA) is 42.9 Å². The Morgan fingerprint density at radius 2 is 1.95 bits per heavy atom. The smallest absolute Gasteiger partial charge is 0.206 e. The minimum Gasteiger partial charge on any atom is -0.287 e. The Labute approximate surface area is 110 Å². The molecule has 0 aliphatic heterocycles. The molecule has 0 N–H and O–H groups in total. The van der Waals surface area contributed by atoms with Crippen LogP contribution in [0.25, 0.3) is 6.08 Å². The Morgan fingerprint density at radius 3 is 2.58 bits per heavy atom. The van der Waals surface area contributed by atoms with Gasteiger partial charge in [0.2, 0.25) is 5.78 Å². The molecule has 0 aliphatic rings. The zero-order valence-electron chi connectivity index (χ0n) is 10.7. The van der Waals surface area contributed by atoms with Gasteiger partial charge in [-0.2, -0.15) is 5.10 Å². The summed E-state index contributed by atoms with van der Waals surface area (Å²) in [5.74, 6) is -0.484. The van der Waals surface area contributed by atoms with E-state index in [0.29, 0.717) is 11.3 Å². The van der Waals surface area contributed by atoms with Gasteiger partial charge < -0.3 is 0 Å². The highest BCUT2D eigenvalue weighted by Gasteiger charge is 2.03. The molecule has 0 bridgehead atoms. The fourth-order valence-electron chi connectivity index (χ4n) is 1.56. The molecular weight excluding hydrogens is 243 g/mol. The summed E-state index contributed by atoms with van der Waals surface area (Å²) in [5, 5.41) is 7.64. The number of aromatic nitrogens is 2. The Bertz CT molecular complexity index is 633. The van der Waals surface area contributed by atoms with Crippen molar-refractivity contribution in [3.05, 3.63) is 64.7 Å². The van der Waals surface area contributed by atoms with Crippen molar-refractivity contribution in [3.8, 4) is 0 Å². The Kier molecular flexibility index (Phi) is 3.80. The first-order valence-corrected chi connectivity index (χ1v) is 5.85. The van der Waals surface area contributed by atoms with Crippen LogP contribution in [0.3, 0.4) is 0 Å². The van der Waals surface area contributed by atoms with Crippen molar-refractivity contribution in [1.29, 1.82) is 0 Å². The minimum absolute atomic E-state index is 0.227. The van der Waals surface area contributed by atoms with E-state index in [4.69, 9.17) is 0 Å². The van der Waals surface area contributed by atoms with Crippen molar-refractivity contribution < 1.29 is 9.18 Å². The fraction of sp³-hybridized carbons (Fsp3) is 0.133. The van der Waals surface area contributed by atoms with Gasteiger partial charge in [0.1, 0.15) is 11.5 Å². The second kappa shape index (κ2) is 5.52. The quantitative estimate of drug-likeness (QED) is 0.626. The van der Waals surface area contributed by atoms with Crippen molar-refractivity contribution in [2.45, 2.75) is 13.8 Å². The summed E-state index contributed by atoms with van der Waals surface area (Å²) in [6.07, 6.45) is 3.04. The molecule has 0 radical (unpaired) electrons. The average molecular weight is 256 g/mol. The number of carbonyl (C=O) groups excluding carboxylic acids is 1. The van der Waals surface area contributed by atoms with Crippen molar-refractivity contribution >= 4 is 11.9 Å². The highest BCUT2D eigenvalue weighted by molar-refractivity contribution is 6.05. The van der Waals surface area contributed by atoms with Crippen LogP contribution in [-0.2, 0) is 0 Å². The highest BCUT2D eigenvalue weighted by Crippen LogP contribution is 2.11. The molecule has 0 saturated carbocycles. The molecule has 2 rings (SSSR count). The fourth-order valence-corrected chi connectivity index (χ4v) is 1.56. The van der Waals surface area contributed by atoms with Crippen LogP contribution in [0.15, 0.2) is 36.4 Å². The molecular formula is C15H13FN2O. The molecule has 0 amide bonds. The summed E-state index contributed by atoms with van der Waals surface area (Å²) in [6.45, 7) is 3.48. The lowest BCUT2D eigenvalue weighted by Crippen LogP contribution is -2.00. The predicted molar refractivity (Wildman–Crippen MR) is 71.3 cm³/mol. The van der Waals surface area contributed by atoms with Crippen molar-refractivity contribution in [3.63, 3.8) is 0 Å². The van der Waals surface area contributed by atoms with E-state index in [1.54, 1.807) is 44.2 Å². The number of halogens is 1. The van der Waals surface area contributed by atoms with Crippen LogP contribution in [0.1, 0.15) is 27.3 Å². The minimum atomic E-state index is -0.257. The maximum absolute atomic E-state index is 13.1. The maximum Gasteiger partial charge on any atom is 0.206 e. The monoisotopic (exact) mass is 256 g/mol. The Morgan fingerprint density at radius 1 is 1.16 bits per heavy atom. The summed E-state index contributed by atoms with van der Waals surface area (Å²) in [4.78, 5) is 11.8. The molecule has 0 unspecified atom stereocenters. The van der Waals surface area contributed by atoms with Crippen LogP contribution in [0.2, 0.25) is 0 Å². The van der Waals surface area contributed by atoms with Crippen LogP contribution in [0, 0.1) is 19.7 Å². The third kappa shape index (κ3) is 3.31. The summed E-state index contributed by atoms with van der Waals surface area (Å²) in [5.41, 5.74) is 2.37. The first kappa shape index (κ1) is 13.1. The van der Waals surface area contributed by atoms with E-state index in [2.05, 4.69) is 10.2 Å². The lowest BCUT2D eigenvalue weighted by Gasteiger charge is -1.98. The van der Waals surface area contributed by atoms with Crippen LogP contribution in [-0.4, -0.2) is 16.0 Å². The molecule has 4 heteroatoms. The van der Waals surface area contributed by atoms with Crippen LogP contribution < -0.4 is 0 Å². The lowest BCUT2D eigenvalue weighted by molar-refractivity contribution is 0.104. The third-order valence-electron chi connectivity index (χ3n) is 2.66. The normalized spacial score (nSPS) is 10.9. The molecule has 0 saturated heterocycles. The van der Waals surface area contributed by atoms with Gasteiger partial charge in [-0.25, -0.2) is 4.39 Å². The maximum atomic E-state index is 13.1. The highest BCUT2D eigenvalue weighted by atomic mass is 19.1. The molecule has 19 heavy (non-hydrogen) atoms. The van der Waals surface area contributed by atoms with E-state index >= 15 is 0 Å². The lowest BCUT2D eigenvalue weighted by atomic mass is 10.1. The second-order valence-corrected chi connectivity index (χ2v) is 4.27. The van der Waals surface area contributed by atoms with Gasteiger partial charge in [-0.1, -0.05) is 12.1 Å². The number of ketones is 1. The number of hydrogen-bond donors (Lipinski definition) is 0. The zero-order valence-corrected chi connectivity index (χ0v) is 10.7. The number of nitrogens with zero attached hydrogens (tertiary/aromatic N) is 2. The number of allylic oxidation sites excluding steroid dienone is 1. The van der Waals surface area contributed by atoms with Crippen LogP contribution in [0.4, 0.5) is 4.39 Å². The summed E-state index contributed by atoms with van der Waals surface area (Å²) >= 11 is 0. The summed E-state index contributed by atoms with van der Waals surface area (Å²) < 4.78 is 13.1. The van der Waals surface area contributed by atoms with Gasteiger partial charge in [0.05, 0.1) is 5.69 Å². The van der Waals surface area contributed by atoms with Crippen molar-refractivity contribution in [2.75, 3.05) is 0 Å². The van der Waals surface area contributed by atoms with E-state index in [9.17, 15) is 9.18 Å². The number of carbonyl (C=O) groups is 1. The van der Waals surface area contributed by atoms with Gasteiger partial charge in [-0.3, -0.25) is 4.79 Å². The van der Waals surface area contributed by atoms with Crippen molar-refractivity contribution in [2.24, 2.45) is 0 Å². The Balaban J connectivity index is 2.15. The molecule has 0 spiro atoms. The molecule has 3 nitrogen and oxygen atoms in total. The average Bonchev–Trinajstić information content (AvgIpc) is 2.40. The second-order valence-electron chi connectivity index (χ2n) is 4.27. The Hall–Kier alpha value is -2.36. The SMILES string of the molecule is Cc1ccc(C(=O)/C=C/c2ccc(F)c(C)c2)nn1. The van der Waals surface area contributed by atoms with Gasteiger partial charge in [0, 0.05) is 0 Å². The number of hydrogen-bond acceptors (Lipinski definition) is 3. The first-order valence-electron chi connectivity index (χ1n) is 5.85.